The Kier molecular flexibility index (Phi) is 4.82. The number of nitrogens with zero attached hydrogens (tertiary/aromatic N) is 4. The fourth-order valence-electron chi connectivity index (χ4n) is 3.67. The third-order valence-electron chi connectivity index (χ3n) is 5.20. The number of aromatic amines is 1. The molecule has 1 fully saturated rings. The van der Waals surface area contributed by atoms with E-state index in [1.54, 1.807) is 24.7 Å². The lowest BCUT2D eigenvalue weighted by Crippen LogP contribution is -2.43. The van der Waals surface area contributed by atoms with E-state index in [0.717, 1.165) is 48.3 Å². The molecular weight excluding hydrogens is 378 g/mol. The first-order valence-corrected chi connectivity index (χ1v) is 9.89. The third kappa shape index (κ3) is 3.60. The Morgan fingerprint density at radius 2 is 1.97 bits per heavy atom. The van der Waals surface area contributed by atoms with Gasteiger partial charge in [-0.15, -0.1) is 0 Å². The van der Waals surface area contributed by atoms with Crippen molar-refractivity contribution in [1.29, 1.82) is 0 Å². The Hall–Kier alpha value is -3.78. The van der Waals surface area contributed by atoms with Crippen LogP contribution in [0.25, 0.3) is 22.3 Å². The summed E-state index contributed by atoms with van der Waals surface area (Å²) in [5.41, 5.74) is 3.86. The van der Waals surface area contributed by atoms with E-state index in [9.17, 15) is 4.79 Å². The molecule has 1 aliphatic heterocycles. The predicted molar refractivity (Wildman–Crippen MR) is 117 cm³/mol. The van der Waals surface area contributed by atoms with Crippen molar-refractivity contribution in [2.45, 2.75) is 0 Å². The van der Waals surface area contributed by atoms with Gasteiger partial charge in [-0.2, -0.15) is 0 Å². The number of H-pyrrole nitrogens is 1. The highest BCUT2D eigenvalue weighted by Gasteiger charge is 2.17. The van der Waals surface area contributed by atoms with Crippen LogP contribution in [0, 0.1) is 0 Å². The van der Waals surface area contributed by atoms with Crippen molar-refractivity contribution in [2.75, 3.05) is 36.4 Å². The molecule has 1 saturated heterocycles. The van der Waals surface area contributed by atoms with Gasteiger partial charge in [0.2, 0.25) is 0 Å². The molecule has 150 valence electrons. The summed E-state index contributed by atoms with van der Waals surface area (Å²) in [5, 5.41) is 7.38. The van der Waals surface area contributed by atoms with Gasteiger partial charge in [-0.25, -0.2) is 9.97 Å². The van der Waals surface area contributed by atoms with Crippen LogP contribution in [-0.2, 0) is 0 Å². The van der Waals surface area contributed by atoms with Crippen LogP contribution in [0.1, 0.15) is 10.5 Å². The number of pyridine rings is 1. The van der Waals surface area contributed by atoms with E-state index in [1.807, 2.05) is 36.5 Å². The molecule has 1 aromatic carbocycles. The Morgan fingerprint density at radius 1 is 1.07 bits per heavy atom. The number of fused-ring (bicyclic) bond motifs is 1. The summed E-state index contributed by atoms with van der Waals surface area (Å²) < 4.78 is 0. The number of hydrogen-bond donors (Lipinski definition) is 3. The highest BCUT2D eigenvalue weighted by Crippen LogP contribution is 2.26. The van der Waals surface area contributed by atoms with E-state index >= 15 is 0 Å². The fraction of sp³-hybridized carbons (Fsp3) is 0.182. The number of piperazine rings is 1. The van der Waals surface area contributed by atoms with E-state index in [0.29, 0.717) is 17.2 Å². The second kappa shape index (κ2) is 7.92. The smallest absolute Gasteiger partial charge is 0.274 e. The largest absolute Gasteiger partial charge is 0.367 e. The van der Waals surface area contributed by atoms with Gasteiger partial charge in [0.1, 0.15) is 5.69 Å². The number of anilines is 2. The van der Waals surface area contributed by atoms with Gasteiger partial charge in [-0.1, -0.05) is 0 Å². The molecule has 8 heteroatoms. The van der Waals surface area contributed by atoms with Gasteiger partial charge in [0.05, 0.1) is 17.6 Å². The molecule has 1 aliphatic rings. The van der Waals surface area contributed by atoms with E-state index in [4.69, 9.17) is 0 Å². The van der Waals surface area contributed by atoms with Gasteiger partial charge in [-0.05, 0) is 36.4 Å². The van der Waals surface area contributed by atoms with Crippen molar-refractivity contribution in [2.24, 2.45) is 0 Å². The maximum atomic E-state index is 12.9. The van der Waals surface area contributed by atoms with Crippen LogP contribution in [0.5, 0.6) is 0 Å². The number of carbonyl (C=O) groups is 1. The number of amides is 1. The highest BCUT2D eigenvalue weighted by atomic mass is 16.1. The number of hydrogen-bond acceptors (Lipinski definition) is 6. The maximum Gasteiger partial charge on any atom is 0.274 e. The lowest BCUT2D eigenvalue weighted by Gasteiger charge is -2.30. The Balaban J connectivity index is 1.40. The summed E-state index contributed by atoms with van der Waals surface area (Å²) in [5.74, 6) is 0.227. The second-order valence-corrected chi connectivity index (χ2v) is 7.13. The van der Waals surface area contributed by atoms with Crippen LogP contribution >= 0.6 is 0 Å². The zero-order valence-electron chi connectivity index (χ0n) is 16.3. The van der Waals surface area contributed by atoms with Crippen molar-refractivity contribution in [3.63, 3.8) is 0 Å². The molecule has 4 aromatic rings. The molecule has 3 N–H and O–H groups in total. The first kappa shape index (κ1) is 18.3. The summed E-state index contributed by atoms with van der Waals surface area (Å²) in [4.78, 5) is 31.4. The van der Waals surface area contributed by atoms with Crippen molar-refractivity contribution < 1.29 is 4.79 Å². The topological polar surface area (TPSA) is 98.8 Å². The maximum absolute atomic E-state index is 12.9. The molecule has 0 unspecified atom stereocenters. The van der Waals surface area contributed by atoms with Crippen LogP contribution in [0.15, 0.2) is 61.2 Å². The van der Waals surface area contributed by atoms with Gasteiger partial charge >= 0.3 is 0 Å². The number of nitrogens with one attached hydrogen (secondary N) is 3. The molecule has 0 saturated carbocycles. The van der Waals surface area contributed by atoms with Crippen LogP contribution in [0.3, 0.4) is 0 Å². The molecule has 0 radical (unpaired) electrons. The standard InChI is InChI=1S/C22H21N7O/c30-22(28-19-14-24-6-5-20(19)29-11-9-23-10-12-29)18-4-8-26-21(27-18)16-1-2-17-15(13-16)3-7-25-17/h1-8,13-14,23,25H,9-12H2,(H,28,30). The molecule has 30 heavy (non-hydrogen) atoms. The fourth-order valence-corrected chi connectivity index (χ4v) is 3.67. The minimum atomic E-state index is -0.286. The molecule has 0 atom stereocenters. The minimum Gasteiger partial charge on any atom is -0.367 e. The number of benzene rings is 1. The normalized spacial score (nSPS) is 14.1. The third-order valence-corrected chi connectivity index (χ3v) is 5.20. The summed E-state index contributed by atoms with van der Waals surface area (Å²) >= 11 is 0. The van der Waals surface area contributed by atoms with E-state index in [-0.39, 0.29) is 5.91 Å². The van der Waals surface area contributed by atoms with Crippen LogP contribution in [-0.4, -0.2) is 52.0 Å². The lowest BCUT2D eigenvalue weighted by atomic mass is 10.1. The van der Waals surface area contributed by atoms with Crippen LogP contribution in [0.2, 0.25) is 0 Å². The monoisotopic (exact) mass is 399 g/mol. The van der Waals surface area contributed by atoms with Gasteiger partial charge < -0.3 is 20.5 Å². The number of rotatable bonds is 4. The highest BCUT2D eigenvalue weighted by molar-refractivity contribution is 6.04. The first-order valence-electron chi connectivity index (χ1n) is 9.89. The van der Waals surface area contributed by atoms with Gasteiger partial charge in [0.25, 0.3) is 5.91 Å². The van der Waals surface area contributed by atoms with E-state index in [1.165, 1.54) is 0 Å². The van der Waals surface area contributed by atoms with Crippen LogP contribution < -0.4 is 15.5 Å². The zero-order chi connectivity index (χ0) is 20.3. The SMILES string of the molecule is O=C(Nc1cnccc1N1CCNCC1)c1ccnc(-c2ccc3[nH]ccc3c2)n1. The van der Waals surface area contributed by atoms with Gasteiger partial charge in [0.15, 0.2) is 5.82 Å². The lowest BCUT2D eigenvalue weighted by molar-refractivity contribution is 0.102. The quantitative estimate of drug-likeness (QED) is 0.488. The zero-order valence-corrected chi connectivity index (χ0v) is 16.3. The Bertz CT molecular complexity index is 1200. The van der Waals surface area contributed by atoms with Gasteiger partial charge in [-0.3, -0.25) is 9.78 Å². The minimum absolute atomic E-state index is 0.286. The van der Waals surface area contributed by atoms with E-state index < -0.39 is 0 Å². The molecule has 8 nitrogen and oxygen atoms in total. The number of carbonyl (C=O) groups excluding carboxylic acids is 1. The first-order chi connectivity index (χ1) is 14.8. The second-order valence-electron chi connectivity index (χ2n) is 7.13. The van der Waals surface area contributed by atoms with Crippen molar-refractivity contribution in [3.8, 4) is 11.4 Å². The molecular formula is C22H21N7O. The number of aromatic nitrogens is 4. The molecule has 4 heterocycles. The molecule has 5 rings (SSSR count). The summed E-state index contributed by atoms with van der Waals surface area (Å²) in [6.45, 7) is 3.59. The molecule has 0 spiro atoms. The Labute approximate surface area is 173 Å². The average Bonchev–Trinajstić information content (AvgIpc) is 3.28. The van der Waals surface area contributed by atoms with Crippen molar-refractivity contribution in [1.82, 2.24) is 25.3 Å². The van der Waals surface area contributed by atoms with Crippen molar-refractivity contribution in [3.05, 3.63) is 66.9 Å². The van der Waals surface area contributed by atoms with Crippen LogP contribution in [0.4, 0.5) is 11.4 Å². The van der Waals surface area contributed by atoms with Gasteiger partial charge in [0, 0.05) is 61.2 Å². The summed E-state index contributed by atoms with van der Waals surface area (Å²) in [7, 11) is 0. The summed E-state index contributed by atoms with van der Waals surface area (Å²) in [6, 6.07) is 11.5. The predicted octanol–water partition coefficient (Wildman–Crippen LogP) is 2.68. The summed E-state index contributed by atoms with van der Waals surface area (Å²) in [6.07, 6.45) is 6.92. The molecule has 1 amide bonds. The molecule has 0 aliphatic carbocycles. The Morgan fingerprint density at radius 3 is 2.87 bits per heavy atom. The average molecular weight is 399 g/mol. The molecule has 0 bridgehead atoms. The van der Waals surface area contributed by atoms with Crippen molar-refractivity contribution >= 4 is 28.2 Å². The van der Waals surface area contributed by atoms with E-state index in [2.05, 4.69) is 35.5 Å². The molecule has 3 aromatic heterocycles.